The van der Waals surface area contributed by atoms with Gasteiger partial charge in [-0.15, -0.1) is 0 Å². The second-order valence-corrected chi connectivity index (χ2v) is 4.36. The molecule has 2 unspecified atom stereocenters. The number of hydrogen-bond acceptors (Lipinski definition) is 4. The van der Waals surface area contributed by atoms with E-state index in [1.807, 2.05) is 6.92 Å². The number of ether oxygens (including phenoxy) is 1. The van der Waals surface area contributed by atoms with Crippen LogP contribution in [0.2, 0.25) is 0 Å². The molecule has 2 rings (SSSR count). The maximum absolute atomic E-state index is 11.8. The van der Waals surface area contributed by atoms with Gasteiger partial charge in [0.15, 0.2) is 0 Å². The fraction of sp³-hybridized carbons (Fsp3) is 0.500. The molecule has 0 saturated carbocycles. The Bertz CT molecular complexity index is 426. The van der Waals surface area contributed by atoms with E-state index >= 15 is 0 Å². The summed E-state index contributed by atoms with van der Waals surface area (Å²) in [6.07, 6.45) is 3.36. The first-order chi connectivity index (χ1) is 8.08. The highest BCUT2D eigenvalue weighted by Gasteiger charge is 2.49. The van der Waals surface area contributed by atoms with Crippen molar-refractivity contribution in [3.63, 3.8) is 0 Å². The van der Waals surface area contributed by atoms with E-state index in [0.29, 0.717) is 6.61 Å². The van der Waals surface area contributed by atoms with Crippen LogP contribution in [0.3, 0.4) is 0 Å². The largest absolute Gasteiger partial charge is 0.472 e. The monoisotopic (exact) mass is 237 g/mol. The van der Waals surface area contributed by atoms with Crippen molar-refractivity contribution in [2.24, 2.45) is 0 Å². The summed E-state index contributed by atoms with van der Waals surface area (Å²) in [5.41, 5.74) is 0.227. The van der Waals surface area contributed by atoms with Gasteiger partial charge >= 0.3 is 5.97 Å². The molecule has 1 N–H and O–H groups in total. The van der Waals surface area contributed by atoms with Crippen LogP contribution < -0.4 is 5.32 Å². The fourth-order valence-electron chi connectivity index (χ4n) is 2.21. The third kappa shape index (κ3) is 1.92. The smallest absolute Gasteiger partial charge is 0.329 e. The third-order valence-corrected chi connectivity index (χ3v) is 3.17. The molecule has 1 fully saturated rings. The van der Waals surface area contributed by atoms with Crippen molar-refractivity contribution < 1.29 is 18.7 Å². The summed E-state index contributed by atoms with van der Waals surface area (Å²) < 4.78 is 10.0. The van der Waals surface area contributed by atoms with Crippen molar-refractivity contribution in [3.05, 3.63) is 24.2 Å². The van der Waals surface area contributed by atoms with Crippen LogP contribution in [0.5, 0.6) is 0 Å². The Balaban J connectivity index is 2.31. The standard InChI is InChI=1S/C12H15NO4/c1-3-17-11(15)10-12(2,6-9(14)13-10)8-4-5-16-7-8/h4-5,7,10H,3,6H2,1-2H3,(H,13,14). The molecule has 2 heterocycles. The lowest BCUT2D eigenvalue weighted by molar-refractivity contribution is -0.147. The zero-order valence-corrected chi connectivity index (χ0v) is 9.86. The highest BCUT2D eigenvalue weighted by Crippen LogP contribution is 2.36. The second-order valence-electron chi connectivity index (χ2n) is 4.36. The summed E-state index contributed by atoms with van der Waals surface area (Å²) in [6.45, 7) is 3.90. The highest BCUT2D eigenvalue weighted by atomic mass is 16.5. The van der Waals surface area contributed by atoms with E-state index in [1.165, 1.54) is 6.26 Å². The number of nitrogens with one attached hydrogen (secondary N) is 1. The number of carbonyl (C=O) groups is 2. The molecule has 92 valence electrons. The zero-order valence-electron chi connectivity index (χ0n) is 9.86. The average Bonchev–Trinajstić information content (AvgIpc) is 2.87. The number of carbonyl (C=O) groups excluding carboxylic acids is 2. The molecule has 5 heteroatoms. The topological polar surface area (TPSA) is 68.5 Å². The minimum Gasteiger partial charge on any atom is -0.472 e. The Hall–Kier alpha value is -1.78. The quantitative estimate of drug-likeness (QED) is 0.796. The van der Waals surface area contributed by atoms with Crippen LogP contribution in [0.25, 0.3) is 0 Å². The van der Waals surface area contributed by atoms with E-state index in [9.17, 15) is 9.59 Å². The first-order valence-electron chi connectivity index (χ1n) is 5.56. The summed E-state index contributed by atoms with van der Waals surface area (Å²) in [4.78, 5) is 23.4. The van der Waals surface area contributed by atoms with Gasteiger partial charge in [-0.1, -0.05) is 6.92 Å². The zero-order chi connectivity index (χ0) is 12.5. The molecule has 1 aromatic rings. The number of esters is 1. The van der Waals surface area contributed by atoms with Crippen molar-refractivity contribution in [2.75, 3.05) is 6.61 Å². The minimum atomic E-state index is -0.646. The molecule has 2 atom stereocenters. The summed E-state index contributed by atoms with van der Waals surface area (Å²) in [5.74, 6) is -0.547. The van der Waals surface area contributed by atoms with Gasteiger partial charge < -0.3 is 14.5 Å². The van der Waals surface area contributed by atoms with Crippen LogP contribution in [0.4, 0.5) is 0 Å². The SMILES string of the molecule is CCOC(=O)C1NC(=O)CC1(C)c1ccoc1. The lowest BCUT2D eigenvalue weighted by Gasteiger charge is -2.27. The summed E-state index contributed by atoms with van der Waals surface area (Å²) in [6, 6.07) is 1.12. The molecule has 0 spiro atoms. The lowest BCUT2D eigenvalue weighted by Crippen LogP contribution is -2.45. The van der Waals surface area contributed by atoms with E-state index in [1.54, 1.807) is 19.3 Å². The van der Waals surface area contributed by atoms with Gasteiger partial charge in [0.2, 0.25) is 5.91 Å². The Kier molecular flexibility index (Phi) is 2.92. The Morgan fingerprint density at radius 3 is 3.06 bits per heavy atom. The van der Waals surface area contributed by atoms with Gasteiger partial charge in [-0.25, -0.2) is 4.79 Å². The maximum Gasteiger partial charge on any atom is 0.329 e. The predicted octanol–water partition coefficient (Wildman–Crippen LogP) is 0.989. The van der Waals surface area contributed by atoms with E-state index in [2.05, 4.69) is 5.32 Å². The van der Waals surface area contributed by atoms with E-state index < -0.39 is 17.4 Å². The predicted molar refractivity (Wildman–Crippen MR) is 59.2 cm³/mol. The van der Waals surface area contributed by atoms with Crippen molar-refractivity contribution >= 4 is 11.9 Å². The van der Waals surface area contributed by atoms with Gasteiger partial charge in [0.05, 0.1) is 19.1 Å². The van der Waals surface area contributed by atoms with Crippen LogP contribution >= 0.6 is 0 Å². The summed E-state index contributed by atoms with van der Waals surface area (Å²) in [7, 11) is 0. The first-order valence-corrected chi connectivity index (χ1v) is 5.56. The molecule has 0 radical (unpaired) electrons. The minimum absolute atomic E-state index is 0.147. The number of furan rings is 1. The molecule has 1 amide bonds. The Labute approximate surface area is 99.1 Å². The molecule has 0 aliphatic carbocycles. The van der Waals surface area contributed by atoms with Gasteiger partial charge in [-0.05, 0) is 18.6 Å². The van der Waals surface area contributed by atoms with Gasteiger partial charge in [-0.3, -0.25) is 4.79 Å². The summed E-state index contributed by atoms with van der Waals surface area (Å²) >= 11 is 0. The maximum atomic E-state index is 11.8. The van der Waals surface area contributed by atoms with Gasteiger partial charge in [0, 0.05) is 11.8 Å². The molecule has 0 bridgehead atoms. The molecule has 0 aromatic carbocycles. The van der Waals surface area contributed by atoms with E-state index in [4.69, 9.17) is 9.15 Å². The van der Waals surface area contributed by atoms with Crippen molar-refractivity contribution in [2.45, 2.75) is 31.7 Å². The molecule has 5 nitrogen and oxygen atoms in total. The van der Waals surface area contributed by atoms with Gasteiger partial charge in [0.1, 0.15) is 6.04 Å². The average molecular weight is 237 g/mol. The Morgan fingerprint density at radius 1 is 1.71 bits per heavy atom. The van der Waals surface area contributed by atoms with Crippen LogP contribution in [-0.2, 0) is 19.7 Å². The van der Waals surface area contributed by atoms with Crippen LogP contribution in [-0.4, -0.2) is 24.5 Å². The van der Waals surface area contributed by atoms with Crippen LogP contribution in [0, 0.1) is 0 Å². The lowest BCUT2D eigenvalue weighted by atomic mass is 9.77. The van der Waals surface area contributed by atoms with E-state index in [0.717, 1.165) is 5.56 Å². The van der Waals surface area contributed by atoms with E-state index in [-0.39, 0.29) is 12.3 Å². The van der Waals surface area contributed by atoms with Gasteiger partial charge in [-0.2, -0.15) is 0 Å². The third-order valence-electron chi connectivity index (χ3n) is 3.17. The molecular weight excluding hydrogens is 222 g/mol. The Morgan fingerprint density at radius 2 is 2.47 bits per heavy atom. The number of hydrogen-bond donors (Lipinski definition) is 1. The molecule has 1 aromatic heterocycles. The normalized spacial score (nSPS) is 27.9. The van der Waals surface area contributed by atoms with Gasteiger partial charge in [0.25, 0.3) is 0 Å². The van der Waals surface area contributed by atoms with Crippen molar-refractivity contribution in [1.29, 1.82) is 0 Å². The first kappa shape index (κ1) is 11.7. The van der Waals surface area contributed by atoms with Crippen molar-refractivity contribution in [3.8, 4) is 0 Å². The van der Waals surface area contributed by atoms with Crippen molar-refractivity contribution in [1.82, 2.24) is 5.32 Å². The second kappa shape index (κ2) is 4.24. The highest BCUT2D eigenvalue weighted by molar-refractivity contribution is 5.91. The molecular formula is C12H15NO4. The molecule has 17 heavy (non-hydrogen) atoms. The molecule has 1 aliphatic rings. The van der Waals surface area contributed by atoms with Crippen LogP contribution in [0.1, 0.15) is 25.8 Å². The fourth-order valence-corrected chi connectivity index (χ4v) is 2.21. The number of rotatable bonds is 3. The summed E-state index contributed by atoms with van der Waals surface area (Å²) in [5, 5.41) is 2.66. The van der Waals surface area contributed by atoms with Crippen LogP contribution in [0.15, 0.2) is 23.0 Å². The molecule has 1 saturated heterocycles. The molecule has 1 aliphatic heterocycles. The number of amides is 1.